The zero-order chi connectivity index (χ0) is 16.6. The highest BCUT2D eigenvalue weighted by molar-refractivity contribution is 5.87. The topological polar surface area (TPSA) is 51.7 Å². The van der Waals surface area contributed by atoms with E-state index in [0.29, 0.717) is 12.3 Å². The van der Waals surface area contributed by atoms with Gasteiger partial charge in [0.25, 0.3) is 0 Å². The lowest BCUT2D eigenvalue weighted by Crippen LogP contribution is -2.34. The van der Waals surface area contributed by atoms with E-state index < -0.39 is 0 Å². The van der Waals surface area contributed by atoms with E-state index >= 15 is 0 Å². The number of pyridine rings is 1. The maximum Gasteiger partial charge on any atom is 0.356 e. The molecule has 5 nitrogen and oxygen atoms in total. The molecule has 0 saturated carbocycles. The van der Waals surface area contributed by atoms with Crippen molar-refractivity contribution in [2.45, 2.75) is 45.6 Å². The summed E-state index contributed by atoms with van der Waals surface area (Å²) in [5.74, 6) is 1.20. The minimum atomic E-state index is -0.385. The first kappa shape index (κ1) is 16.2. The molecule has 0 aromatic carbocycles. The first-order chi connectivity index (χ1) is 10.9. The molecule has 0 amide bonds. The molecule has 1 saturated heterocycles. The van der Waals surface area contributed by atoms with Crippen molar-refractivity contribution in [1.82, 2.24) is 9.88 Å². The average molecular weight is 318 g/mol. The lowest BCUT2D eigenvalue weighted by Gasteiger charge is -2.31. The Balaban J connectivity index is 1.95. The second-order valence-corrected chi connectivity index (χ2v) is 7.49. The number of piperidine rings is 1. The van der Waals surface area contributed by atoms with Crippen LogP contribution in [0.1, 0.15) is 55.4 Å². The summed E-state index contributed by atoms with van der Waals surface area (Å²) >= 11 is 0. The Morgan fingerprint density at radius 3 is 3.00 bits per heavy atom. The van der Waals surface area contributed by atoms with Crippen molar-refractivity contribution in [1.29, 1.82) is 0 Å². The predicted octanol–water partition coefficient (Wildman–Crippen LogP) is 2.77. The Kier molecular flexibility index (Phi) is 4.32. The maximum atomic E-state index is 12.0. The van der Waals surface area contributed by atoms with E-state index in [1.165, 1.54) is 20.0 Å². The monoisotopic (exact) mass is 318 g/mol. The van der Waals surface area contributed by atoms with Gasteiger partial charge in [0, 0.05) is 24.1 Å². The van der Waals surface area contributed by atoms with Crippen molar-refractivity contribution < 1.29 is 14.3 Å². The van der Waals surface area contributed by atoms with Crippen LogP contribution >= 0.6 is 0 Å². The Morgan fingerprint density at radius 2 is 2.30 bits per heavy atom. The van der Waals surface area contributed by atoms with E-state index in [-0.39, 0.29) is 11.4 Å². The smallest absolute Gasteiger partial charge is 0.356 e. The summed E-state index contributed by atoms with van der Waals surface area (Å²) in [6, 6.07) is 1.84. The molecule has 0 aliphatic carbocycles. The molecule has 5 heteroatoms. The summed E-state index contributed by atoms with van der Waals surface area (Å²) < 4.78 is 10.8. The molecule has 0 unspecified atom stereocenters. The lowest BCUT2D eigenvalue weighted by atomic mass is 9.90. The normalized spacial score (nSPS) is 23.2. The van der Waals surface area contributed by atoms with Gasteiger partial charge in [-0.3, -0.25) is 4.90 Å². The van der Waals surface area contributed by atoms with Gasteiger partial charge in [-0.05, 0) is 31.4 Å². The molecule has 0 spiro atoms. The number of carbonyl (C=O) groups is 1. The Morgan fingerprint density at radius 1 is 1.52 bits per heavy atom. The minimum Gasteiger partial charge on any atom is -0.490 e. The number of ether oxygens (including phenoxy) is 2. The van der Waals surface area contributed by atoms with Crippen molar-refractivity contribution >= 4 is 5.97 Å². The van der Waals surface area contributed by atoms with E-state index in [0.717, 1.165) is 42.6 Å². The summed E-state index contributed by atoms with van der Waals surface area (Å²) in [6.07, 6.45) is 2.52. The van der Waals surface area contributed by atoms with Crippen LogP contribution in [0.4, 0.5) is 0 Å². The molecule has 23 heavy (non-hydrogen) atoms. The number of nitrogens with zero attached hydrogens (tertiary/aromatic N) is 2. The highest BCUT2D eigenvalue weighted by Gasteiger charge is 2.37. The van der Waals surface area contributed by atoms with Crippen LogP contribution in [0.2, 0.25) is 0 Å². The highest BCUT2D eigenvalue weighted by Crippen LogP contribution is 2.40. The lowest BCUT2D eigenvalue weighted by molar-refractivity contribution is 0.0593. The number of carbonyl (C=O) groups excluding carboxylic acids is 1. The Hall–Kier alpha value is -1.62. The third-order valence-corrected chi connectivity index (χ3v) is 4.80. The standard InChI is InChI=1S/C18H26N2O3/c1-12-6-5-7-20(9-12)10-13-8-14(17(21)22-4)19-16-15(13)23-11-18(16,2)3/h8,12H,5-7,9-11H2,1-4H3/t12-/m0/s1. The van der Waals surface area contributed by atoms with E-state index in [1.54, 1.807) is 0 Å². The molecule has 2 aliphatic heterocycles. The summed E-state index contributed by atoms with van der Waals surface area (Å²) in [5.41, 5.74) is 2.13. The van der Waals surface area contributed by atoms with Crippen molar-refractivity contribution in [2.75, 3.05) is 26.8 Å². The Labute approximate surface area is 138 Å². The van der Waals surface area contributed by atoms with Crippen LogP contribution in [-0.2, 0) is 16.7 Å². The van der Waals surface area contributed by atoms with Gasteiger partial charge in [0.2, 0.25) is 0 Å². The molecule has 3 heterocycles. The molecule has 3 rings (SSSR count). The fourth-order valence-corrected chi connectivity index (χ4v) is 3.52. The zero-order valence-corrected chi connectivity index (χ0v) is 14.5. The van der Waals surface area contributed by atoms with Crippen molar-refractivity contribution in [3.05, 3.63) is 23.0 Å². The largest absolute Gasteiger partial charge is 0.490 e. The molecule has 0 N–H and O–H groups in total. The van der Waals surface area contributed by atoms with Crippen molar-refractivity contribution in [3.8, 4) is 5.75 Å². The van der Waals surface area contributed by atoms with Crippen LogP contribution in [0.25, 0.3) is 0 Å². The van der Waals surface area contributed by atoms with Crippen LogP contribution in [0, 0.1) is 5.92 Å². The van der Waals surface area contributed by atoms with Crippen LogP contribution < -0.4 is 4.74 Å². The van der Waals surface area contributed by atoms with Crippen LogP contribution in [0.5, 0.6) is 5.75 Å². The van der Waals surface area contributed by atoms with Gasteiger partial charge in [-0.1, -0.05) is 20.8 Å². The third-order valence-electron chi connectivity index (χ3n) is 4.80. The molecule has 2 aliphatic rings. The maximum absolute atomic E-state index is 12.0. The van der Waals surface area contributed by atoms with Gasteiger partial charge in [0.15, 0.2) is 0 Å². The van der Waals surface area contributed by atoms with Crippen LogP contribution in [0.15, 0.2) is 6.07 Å². The molecular formula is C18H26N2O3. The quantitative estimate of drug-likeness (QED) is 0.802. The van der Waals surface area contributed by atoms with E-state index in [1.807, 2.05) is 6.07 Å². The third kappa shape index (κ3) is 3.20. The van der Waals surface area contributed by atoms with E-state index in [9.17, 15) is 4.79 Å². The van der Waals surface area contributed by atoms with Crippen LogP contribution in [0.3, 0.4) is 0 Å². The summed E-state index contributed by atoms with van der Waals surface area (Å²) in [6.45, 7) is 10.1. The summed E-state index contributed by atoms with van der Waals surface area (Å²) in [4.78, 5) is 19.0. The SMILES string of the molecule is COC(=O)c1cc(CN2CCC[C@H](C)C2)c2c(n1)C(C)(C)CO2. The van der Waals surface area contributed by atoms with E-state index in [4.69, 9.17) is 9.47 Å². The number of rotatable bonds is 3. The number of fused-ring (bicyclic) bond motifs is 1. The molecule has 1 aromatic heterocycles. The summed E-state index contributed by atoms with van der Waals surface area (Å²) in [5, 5.41) is 0. The average Bonchev–Trinajstić information content (AvgIpc) is 2.82. The minimum absolute atomic E-state index is 0.177. The first-order valence-corrected chi connectivity index (χ1v) is 8.38. The van der Waals surface area contributed by atoms with Gasteiger partial charge in [0.1, 0.15) is 11.4 Å². The zero-order valence-electron chi connectivity index (χ0n) is 14.5. The van der Waals surface area contributed by atoms with Gasteiger partial charge in [-0.2, -0.15) is 0 Å². The van der Waals surface area contributed by atoms with Gasteiger partial charge in [0.05, 0.1) is 19.4 Å². The molecular weight excluding hydrogens is 292 g/mol. The van der Waals surface area contributed by atoms with Gasteiger partial charge < -0.3 is 9.47 Å². The Bertz CT molecular complexity index is 613. The fraction of sp³-hybridized carbons (Fsp3) is 0.667. The van der Waals surface area contributed by atoms with Crippen molar-refractivity contribution in [3.63, 3.8) is 0 Å². The number of aromatic nitrogens is 1. The number of hydrogen-bond acceptors (Lipinski definition) is 5. The van der Waals surface area contributed by atoms with Gasteiger partial charge in [-0.25, -0.2) is 9.78 Å². The van der Waals surface area contributed by atoms with E-state index in [2.05, 4.69) is 30.7 Å². The van der Waals surface area contributed by atoms with Crippen LogP contribution in [-0.4, -0.2) is 42.7 Å². The van der Waals surface area contributed by atoms with Gasteiger partial charge in [-0.15, -0.1) is 0 Å². The number of methoxy groups -OCH3 is 1. The molecule has 126 valence electrons. The molecule has 1 fully saturated rings. The molecule has 1 atom stereocenters. The fourth-order valence-electron chi connectivity index (χ4n) is 3.52. The number of esters is 1. The second-order valence-electron chi connectivity index (χ2n) is 7.49. The second kappa shape index (κ2) is 6.11. The summed E-state index contributed by atoms with van der Waals surface area (Å²) in [7, 11) is 1.39. The predicted molar refractivity (Wildman–Crippen MR) is 87.8 cm³/mol. The number of hydrogen-bond donors (Lipinski definition) is 0. The molecule has 0 radical (unpaired) electrons. The van der Waals surface area contributed by atoms with Gasteiger partial charge >= 0.3 is 5.97 Å². The van der Waals surface area contributed by atoms with Crippen molar-refractivity contribution in [2.24, 2.45) is 5.92 Å². The highest BCUT2D eigenvalue weighted by atomic mass is 16.5. The first-order valence-electron chi connectivity index (χ1n) is 8.38. The molecule has 1 aromatic rings. The number of likely N-dealkylation sites (tertiary alicyclic amines) is 1. The molecule has 0 bridgehead atoms.